The molecule has 0 unspecified atom stereocenters. The molecule has 1 N–H and O–H groups in total. The average Bonchev–Trinajstić information content (AvgIpc) is 2.09. The van der Waals surface area contributed by atoms with Crippen LogP contribution in [0.3, 0.4) is 0 Å². The number of likely N-dealkylation sites (tertiary alicyclic amines) is 1. The zero-order chi connectivity index (χ0) is 8.97. The van der Waals surface area contributed by atoms with Crippen molar-refractivity contribution in [1.29, 1.82) is 0 Å². The van der Waals surface area contributed by atoms with Gasteiger partial charge in [-0.15, -0.1) is 0 Å². The maximum atomic E-state index is 10.9. The van der Waals surface area contributed by atoms with E-state index < -0.39 is 0 Å². The minimum atomic E-state index is -0.192. The molecular weight excluding hydrogens is 174 g/mol. The predicted molar refractivity (Wildman–Crippen MR) is 49.6 cm³/mol. The van der Waals surface area contributed by atoms with Gasteiger partial charge in [0.1, 0.15) is 6.10 Å². The van der Waals surface area contributed by atoms with Crippen LogP contribution in [0.25, 0.3) is 0 Å². The van der Waals surface area contributed by atoms with Crippen LogP contribution in [0, 0.1) is 0 Å². The van der Waals surface area contributed by atoms with E-state index in [9.17, 15) is 4.79 Å². The van der Waals surface area contributed by atoms with E-state index >= 15 is 0 Å². The van der Waals surface area contributed by atoms with Crippen molar-refractivity contribution in [2.45, 2.75) is 18.9 Å². The lowest BCUT2D eigenvalue weighted by molar-refractivity contribution is -0.885. The molecule has 3 nitrogen and oxygen atoms in total. The lowest BCUT2D eigenvalue weighted by atomic mass is 10.1. The van der Waals surface area contributed by atoms with Crippen molar-refractivity contribution >= 4 is 18.6 Å². The topological polar surface area (TPSA) is 30.7 Å². The van der Waals surface area contributed by atoms with E-state index in [0.29, 0.717) is 0 Å². The van der Waals surface area contributed by atoms with Crippen molar-refractivity contribution in [3.05, 3.63) is 0 Å². The molecule has 0 bridgehead atoms. The second-order valence-corrected chi connectivity index (χ2v) is 3.62. The fourth-order valence-electron chi connectivity index (χ4n) is 1.43. The van der Waals surface area contributed by atoms with Crippen LogP contribution in [0.2, 0.25) is 0 Å². The molecule has 0 radical (unpaired) electrons. The Labute approximate surface area is 78.5 Å². The van der Waals surface area contributed by atoms with Crippen molar-refractivity contribution in [3.8, 4) is 0 Å². The molecule has 0 aromatic heterocycles. The molecule has 1 aliphatic heterocycles. The van der Waals surface area contributed by atoms with Gasteiger partial charge in [-0.2, -0.15) is 12.6 Å². The number of ether oxygens (including phenoxy) is 1. The van der Waals surface area contributed by atoms with Gasteiger partial charge in [-0.25, -0.2) is 0 Å². The van der Waals surface area contributed by atoms with Gasteiger partial charge in [-0.05, 0) is 0 Å². The number of rotatable bonds is 2. The summed E-state index contributed by atoms with van der Waals surface area (Å²) in [6.07, 6.45) is 2.13. The number of carbonyl (C=O) groups is 1. The fraction of sp³-hybridized carbons (Fsp3) is 0.875. The third-order valence-electron chi connectivity index (χ3n) is 2.21. The van der Waals surface area contributed by atoms with Crippen molar-refractivity contribution in [2.75, 3.05) is 25.9 Å². The van der Waals surface area contributed by atoms with Crippen molar-refractivity contribution in [2.24, 2.45) is 0 Å². The van der Waals surface area contributed by atoms with Crippen LogP contribution >= 0.6 is 12.6 Å². The number of thiol groups is 1. The van der Waals surface area contributed by atoms with Gasteiger partial charge in [0.05, 0.1) is 25.9 Å². The first-order valence-electron chi connectivity index (χ1n) is 4.34. The lowest BCUT2D eigenvalue weighted by Crippen LogP contribution is -3.10. The van der Waals surface area contributed by atoms with Gasteiger partial charge in [-0.3, -0.25) is 4.79 Å². The predicted octanol–water partition coefficient (Wildman–Crippen LogP) is -0.863. The Morgan fingerprint density at radius 1 is 1.58 bits per heavy atom. The van der Waals surface area contributed by atoms with Crippen LogP contribution in [0.4, 0.5) is 0 Å². The first-order valence-corrected chi connectivity index (χ1v) is 4.97. The van der Waals surface area contributed by atoms with E-state index in [2.05, 4.69) is 19.7 Å². The van der Waals surface area contributed by atoms with E-state index in [4.69, 9.17) is 4.74 Å². The number of quaternary nitrogens is 1. The summed E-state index contributed by atoms with van der Waals surface area (Å²) in [6, 6.07) is 0. The molecule has 0 spiro atoms. The van der Waals surface area contributed by atoms with E-state index in [1.54, 1.807) is 0 Å². The van der Waals surface area contributed by atoms with Crippen LogP contribution in [-0.2, 0) is 9.53 Å². The first kappa shape index (κ1) is 9.86. The minimum Gasteiger partial charge on any atom is -0.461 e. The third-order valence-corrected chi connectivity index (χ3v) is 2.47. The van der Waals surface area contributed by atoms with Gasteiger partial charge >= 0.3 is 5.97 Å². The zero-order valence-corrected chi connectivity index (χ0v) is 8.27. The van der Waals surface area contributed by atoms with E-state index in [1.165, 1.54) is 4.90 Å². The molecule has 0 atom stereocenters. The molecule has 0 aromatic rings. The Morgan fingerprint density at radius 2 is 2.17 bits per heavy atom. The quantitative estimate of drug-likeness (QED) is 0.438. The molecule has 0 aromatic carbocycles. The van der Waals surface area contributed by atoms with Gasteiger partial charge in [0.2, 0.25) is 0 Å². The summed E-state index contributed by atoms with van der Waals surface area (Å²) in [7, 11) is 2.16. The van der Waals surface area contributed by atoms with Gasteiger partial charge in [0.25, 0.3) is 0 Å². The molecule has 1 rings (SSSR count). The van der Waals surface area contributed by atoms with Gasteiger partial charge in [0, 0.05) is 12.8 Å². The van der Waals surface area contributed by atoms with Gasteiger partial charge in [0.15, 0.2) is 0 Å². The van der Waals surface area contributed by atoms with Crippen LogP contribution in [0.5, 0.6) is 0 Å². The molecule has 1 saturated heterocycles. The molecule has 0 saturated carbocycles. The SMILES string of the molecule is C[NH+]1CCC(OC(=O)CS)CC1. The normalized spacial score (nSPS) is 29.8. The van der Waals surface area contributed by atoms with E-state index in [-0.39, 0.29) is 17.8 Å². The highest BCUT2D eigenvalue weighted by Crippen LogP contribution is 2.05. The largest absolute Gasteiger partial charge is 0.461 e. The molecule has 1 heterocycles. The third kappa shape index (κ3) is 3.03. The monoisotopic (exact) mass is 190 g/mol. The Hall–Kier alpha value is -0.220. The van der Waals surface area contributed by atoms with Crippen molar-refractivity contribution in [1.82, 2.24) is 0 Å². The molecule has 1 fully saturated rings. The molecule has 12 heavy (non-hydrogen) atoms. The van der Waals surface area contributed by atoms with Crippen LogP contribution in [0.15, 0.2) is 0 Å². The Bertz CT molecular complexity index is 155. The molecule has 70 valence electrons. The van der Waals surface area contributed by atoms with E-state index in [0.717, 1.165) is 25.9 Å². The summed E-state index contributed by atoms with van der Waals surface area (Å²) in [6.45, 7) is 2.20. The summed E-state index contributed by atoms with van der Waals surface area (Å²) in [5, 5.41) is 0. The summed E-state index contributed by atoms with van der Waals surface area (Å²) in [5.41, 5.74) is 0. The standard InChI is InChI=1S/C8H15NO2S/c1-9-4-2-7(3-5-9)11-8(10)6-12/h7,12H,2-6H2,1H3/p+1. The van der Waals surface area contributed by atoms with Gasteiger partial charge in [-0.1, -0.05) is 0 Å². The zero-order valence-electron chi connectivity index (χ0n) is 7.38. The number of carbonyl (C=O) groups excluding carboxylic acids is 1. The van der Waals surface area contributed by atoms with Crippen molar-refractivity contribution < 1.29 is 14.4 Å². The maximum Gasteiger partial charge on any atom is 0.315 e. The molecule has 4 heteroatoms. The number of nitrogens with one attached hydrogen (secondary N) is 1. The molecule has 0 aliphatic carbocycles. The van der Waals surface area contributed by atoms with Crippen LogP contribution in [0.1, 0.15) is 12.8 Å². The van der Waals surface area contributed by atoms with Crippen LogP contribution < -0.4 is 4.90 Å². The van der Waals surface area contributed by atoms with E-state index in [1.807, 2.05) is 0 Å². The first-order chi connectivity index (χ1) is 5.72. The Morgan fingerprint density at radius 3 is 2.67 bits per heavy atom. The highest BCUT2D eigenvalue weighted by molar-refractivity contribution is 7.81. The van der Waals surface area contributed by atoms with Crippen molar-refractivity contribution in [3.63, 3.8) is 0 Å². The summed E-state index contributed by atoms with van der Waals surface area (Å²) in [4.78, 5) is 12.4. The maximum absolute atomic E-state index is 10.9. The minimum absolute atomic E-state index is 0.147. The number of hydrogen-bond donors (Lipinski definition) is 2. The number of esters is 1. The summed E-state index contributed by atoms with van der Waals surface area (Å²) >= 11 is 3.85. The molecular formula is C8H16NO2S+. The molecule has 0 amide bonds. The Balaban J connectivity index is 2.21. The lowest BCUT2D eigenvalue weighted by Gasteiger charge is -2.25. The highest BCUT2D eigenvalue weighted by Gasteiger charge is 2.21. The van der Waals surface area contributed by atoms with Gasteiger partial charge < -0.3 is 9.64 Å². The number of piperidine rings is 1. The summed E-state index contributed by atoms with van der Waals surface area (Å²) in [5.74, 6) is 0.00188. The second-order valence-electron chi connectivity index (χ2n) is 3.30. The smallest absolute Gasteiger partial charge is 0.315 e. The Kier molecular flexibility index (Phi) is 3.88. The summed E-state index contributed by atoms with van der Waals surface area (Å²) < 4.78 is 5.16. The fourth-order valence-corrected chi connectivity index (χ4v) is 1.50. The highest BCUT2D eigenvalue weighted by atomic mass is 32.1. The van der Waals surface area contributed by atoms with Crippen LogP contribution in [-0.4, -0.2) is 38.0 Å². The number of hydrogen-bond acceptors (Lipinski definition) is 3. The molecule has 1 aliphatic rings. The average molecular weight is 190 g/mol. The second kappa shape index (κ2) is 4.72.